The summed E-state index contributed by atoms with van der Waals surface area (Å²) in [6, 6.07) is 0.284. The van der Waals surface area contributed by atoms with Gasteiger partial charge in [0.15, 0.2) is 0 Å². The molecular weight excluding hydrogens is 143 g/mol. The standard InChI is InChI=1S/C8H15FN2/c1-4-7(2)11-6-5-10(3)8(11)9/h5-8H,4H2,1-3H3. The largest absolute Gasteiger partial charge is 0.333 e. The molecule has 1 rings (SSSR count). The second kappa shape index (κ2) is 3.11. The molecule has 0 saturated carbocycles. The molecule has 11 heavy (non-hydrogen) atoms. The molecule has 0 fully saturated rings. The molecule has 1 aliphatic heterocycles. The molecule has 0 N–H and O–H groups in total. The van der Waals surface area contributed by atoms with Crippen LogP contribution in [0.1, 0.15) is 20.3 Å². The van der Waals surface area contributed by atoms with Gasteiger partial charge in [0.2, 0.25) is 6.42 Å². The fourth-order valence-electron chi connectivity index (χ4n) is 1.10. The van der Waals surface area contributed by atoms with Crippen LogP contribution in [0, 0.1) is 0 Å². The number of alkyl halides is 1. The Morgan fingerprint density at radius 2 is 2.18 bits per heavy atom. The van der Waals surface area contributed by atoms with E-state index in [1.54, 1.807) is 29.2 Å². The third-order valence-electron chi connectivity index (χ3n) is 2.16. The number of hydrogen-bond acceptors (Lipinski definition) is 2. The molecule has 0 spiro atoms. The van der Waals surface area contributed by atoms with E-state index in [2.05, 4.69) is 6.92 Å². The fourth-order valence-corrected chi connectivity index (χ4v) is 1.10. The minimum Gasteiger partial charge on any atom is -0.333 e. The molecule has 3 heteroatoms. The zero-order valence-corrected chi connectivity index (χ0v) is 7.29. The van der Waals surface area contributed by atoms with Crippen LogP contribution in [-0.2, 0) is 0 Å². The third-order valence-corrected chi connectivity index (χ3v) is 2.16. The van der Waals surface area contributed by atoms with Gasteiger partial charge in [0.05, 0.1) is 0 Å². The van der Waals surface area contributed by atoms with Crippen molar-refractivity contribution in [1.82, 2.24) is 9.80 Å². The first-order valence-electron chi connectivity index (χ1n) is 3.98. The smallest absolute Gasteiger partial charge is 0.249 e. The van der Waals surface area contributed by atoms with Crippen LogP contribution in [0.2, 0.25) is 0 Å². The lowest BCUT2D eigenvalue weighted by Gasteiger charge is -2.28. The van der Waals surface area contributed by atoms with E-state index in [4.69, 9.17) is 0 Å². The highest BCUT2D eigenvalue weighted by Crippen LogP contribution is 2.19. The zero-order chi connectivity index (χ0) is 8.43. The van der Waals surface area contributed by atoms with Gasteiger partial charge in [-0.15, -0.1) is 0 Å². The van der Waals surface area contributed by atoms with E-state index in [9.17, 15) is 4.39 Å². The van der Waals surface area contributed by atoms with Crippen molar-refractivity contribution < 1.29 is 4.39 Å². The summed E-state index contributed by atoms with van der Waals surface area (Å²) in [7, 11) is 1.74. The Bertz CT molecular complexity index is 158. The Kier molecular flexibility index (Phi) is 2.37. The van der Waals surface area contributed by atoms with E-state index < -0.39 is 6.42 Å². The molecule has 64 valence electrons. The number of nitrogens with zero attached hydrogens (tertiary/aromatic N) is 2. The average molecular weight is 158 g/mol. The van der Waals surface area contributed by atoms with Crippen LogP contribution in [0.3, 0.4) is 0 Å². The topological polar surface area (TPSA) is 6.48 Å². The molecule has 0 aliphatic carbocycles. The summed E-state index contributed by atoms with van der Waals surface area (Å²) in [6.45, 7) is 4.08. The van der Waals surface area contributed by atoms with Crippen LogP contribution < -0.4 is 0 Å². The monoisotopic (exact) mass is 158 g/mol. The quantitative estimate of drug-likeness (QED) is 0.565. The molecule has 0 bridgehead atoms. The number of rotatable bonds is 2. The van der Waals surface area contributed by atoms with Crippen molar-refractivity contribution in [2.75, 3.05) is 7.05 Å². The van der Waals surface area contributed by atoms with Crippen LogP contribution in [0.4, 0.5) is 4.39 Å². The van der Waals surface area contributed by atoms with Crippen molar-refractivity contribution in [3.05, 3.63) is 12.4 Å². The minimum absolute atomic E-state index is 0.284. The molecule has 2 nitrogen and oxygen atoms in total. The lowest BCUT2D eigenvalue weighted by Crippen LogP contribution is -2.37. The fraction of sp³-hybridized carbons (Fsp3) is 0.750. The van der Waals surface area contributed by atoms with Gasteiger partial charge in [0.25, 0.3) is 0 Å². The van der Waals surface area contributed by atoms with Gasteiger partial charge in [-0.05, 0) is 13.3 Å². The van der Waals surface area contributed by atoms with Gasteiger partial charge >= 0.3 is 0 Å². The van der Waals surface area contributed by atoms with Crippen molar-refractivity contribution in [2.45, 2.75) is 32.7 Å². The predicted octanol–water partition coefficient (Wildman–Crippen LogP) is 1.76. The molecule has 2 unspecified atom stereocenters. The Hall–Kier alpha value is -0.730. The molecule has 0 saturated heterocycles. The highest BCUT2D eigenvalue weighted by atomic mass is 19.1. The second-order valence-electron chi connectivity index (χ2n) is 2.98. The van der Waals surface area contributed by atoms with Crippen LogP contribution in [0.5, 0.6) is 0 Å². The second-order valence-corrected chi connectivity index (χ2v) is 2.98. The Morgan fingerprint density at radius 1 is 1.55 bits per heavy atom. The van der Waals surface area contributed by atoms with Crippen molar-refractivity contribution in [3.8, 4) is 0 Å². The van der Waals surface area contributed by atoms with Gasteiger partial charge in [-0.2, -0.15) is 4.39 Å². The van der Waals surface area contributed by atoms with E-state index in [1.165, 1.54) is 0 Å². The van der Waals surface area contributed by atoms with Gasteiger partial charge in [0, 0.05) is 25.5 Å². The summed E-state index contributed by atoms with van der Waals surface area (Å²) < 4.78 is 13.2. The zero-order valence-electron chi connectivity index (χ0n) is 7.29. The van der Waals surface area contributed by atoms with Gasteiger partial charge in [0.1, 0.15) is 0 Å². The first-order chi connectivity index (χ1) is 5.16. The third kappa shape index (κ3) is 1.47. The van der Waals surface area contributed by atoms with Gasteiger partial charge in [-0.3, -0.25) is 0 Å². The van der Waals surface area contributed by atoms with Crippen molar-refractivity contribution in [2.24, 2.45) is 0 Å². The van der Waals surface area contributed by atoms with E-state index in [-0.39, 0.29) is 6.04 Å². The molecule has 0 aromatic carbocycles. The SMILES string of the molecule is CCC(C)N1C=CN(C)C1F. The van der Waals surface area contributed by atoms with Crippen LogP contribution in [-0.4, -0.2) is 29.3 Å². The summed E-state index contributed by atoms with van der Waals surface area (Å²) in [6.07, 6.45) is 3.57. The van der Waals surface area contributed by atoms with E-state index in [0.717, 1.165) is 6.42 Å². The lowest BCUT2D eigenvalue weighted by atomic mass is 10.2. The molecule has 0 aromatic heterocycles. The van der Waals surface area contributed by atoms with E-state index in [1.807, 2.05) is 6.92 Å². The molecule has 0 radical (unpaired) electrons. The molecule has 1 aliphatic rings. The van der Waals surface area contributed by atoms with Gasteiger partial charge < -0.3 is 9.80 Å². The molecular formula is C8H15FN2. The van der Waals surface area contributed by atoms with Crippen LogP contribution in [0.25, 0.3) is 0 Å². The summed E-state index contributed by atoms with van der Waals surface area (Å²) in [5.74, 6) is 0. The maximum absolute atomic E-state index is 13.2. The van der Waals surface area contributed by atoms with Crippen molar-refractivity contribution >= 4 is 0 Å². The Labute approximate surface area is 67.3 Å². The lowest BCUT2D eigenvalue weighted by molar-refractivity contribution is 0.0212. The molecule has 0 amide bonds. The molecule has 0 aromatic rings. The average Bonchev–Trinajstić information content (AvgIpc) is 2.32. The van der Waals surface area contributed by atoms with Crippen molar-refractivity contribution in [3.63, 3.8) is 0 Å². The maximum Gasteiger partial charge on any atom is 0.249 e. The summed E-state index contributed by atoms with van der Waals surface area (Å²) >= 11 is 0. The van der Waals surface area contributed by atoms with Gasteiger partial charge in [-0.1, -0.05) is 6.92 Å². The normalized spacial score (nSPS) is 26.4. The summed E-state index contributed by atoms with van der Waals surface area (Å²) in [4.78, 5) is 3.28. The molecule has 1 heterocycles. The first-order valence-corrected chi connectivity index (χ1v) is 3.98. The predicted molar refractivity (Wildman–Crippen MR) is 43.4 cm³/mol. The van der Waals surface area contributed by atoms with Crippen LogP contribution >= 0.6 is 0 Å². The molecule has 2 atom stereocenters. The maximum atomic E-state index is 13.2. The summed E-state index contributed by atoms with van der Waals surface area (Å²) in [5.41, 5.74) is 0. The highest BCUT2D eigenvalue weighted by molar-refractivity contribution is 4.93. The highest BCUT2D eigenvalue weighted by Gasteiger charge is 2.25. The van der Waals surface area contributed by atoms with E-state index >= 15 is 0 Å². The number of hydrogen-bond donors (Lipinski definition) is 0. The Morgan fingerprint density at radius 3 is 2.55 bits per heavy atom. The van der Waals surface area contributed by atoms with Crippen molar-refractivity contribution in [1.29, 1.82) is 0 Å². The minimum atomic E-state index is -0.968. The summed E-state index contributed by atoms with van der Waals surface area (Å²) in [5, 5.41) is 0. The first kappa shape index (κ1) is 8.37. The van der Waals surface area contributed by atoms with Gasteiger partial charge in [-0.25, -0.2) is 0 Å². The Balaban J connectivity index is 2.55. The van der Waals surface area contributed by atoms with Crippen LogP contribution in [0.15, 0.2) is 12.4 Å². The number of halogens is 1. The van der Waals surface area contributed by atoms with E-state index in [0.29, 0.717) is 0 Å².